The quantitative estimate of drug-likeness (QED) is 0.753. The fourth-order valence-corrected chi connectivity index (χ4v) is 1.43. The van der Waals surface area contributed by atoms with Crippen molar-refractivity contribution in [2.24, 2.45) is 0 Å². The third-order valence-corrected chi connectivity index (χ3v) is 2.19. The highest BCUT2D eigenvalue weighted by Crippen LogP contribution is 2.04. The van der Waals surface area contributed by atoms with E-state index in [0.29, 0.717) is 6.54 Å². The van der Waals surface area contributed by atoms with Gasteiger partial charge in [0, 0.05) is 25.0 Å². The van der Waals surface area contributed by atoms with Crippen molar-refractivity contribution in [1.29, 1.82) is 0 Å². The zero-order valence-corrected chi connectivity index (χ0v) is 9.27. The second-order valence-corrected chi connectivity index (χ2v) is 4.24. The molecule has 0 spiro atoms. The fourth-order valence-electron chi connectivity index (χ4n) is 1.43. The number of imidazole rings is 1. The Morgan fingerprint density at radius 1 is 1.67 bits per heavy atom. The largest absolute Gasteiger partial charge is 0.480 e. The van der Waals surface area contributed by atoms with Crippen LogP contribution in [0.3, 0.4) is 0 Å². The third kappa shape index (κ3) is 3.36. The molecule has 1 aromatic heterocycles. The summed E-state index contributed by atoms with van der Waals surface area (Å²) in [5.41, 5.74) is -0.903. The Kier molecular flexibility index (Phi) is 3.47. The summed E-state index contributed by atoms with van der Waals surface area (Å²) in [6, 6.07) is 0.0744. The van der Waals surface area contributed by atoms with E-state index in [2.05, 4.69) is 10.3 Å². The summed E-state index contributed by atoms with van der Waals surface area (Å²) in [6.45, 7) is 5.96. The van der Waals surface area contributed by atoms with Gasteiger partial charge in [-0.15, -0.1) is 0 Å². The van der Waals surface area contributed by atoms with E-state index in [1.165, 1.54) is 0 Å². The Morgan fingerprint density at radius 3 is 2.80 bits per heavy atom. The molecule has 5 nitrogen and oxygen atoms in total. The molecule has 0 radical (unpaired) electrons. The molecule has 0 amide bonds. The molecule has 0 aromatic carbocycles. The molecule has 0 aliphatic heterocycles. The molecular weight excluding hydrogens is 194 g/mol. The van der Waals surface area contributed by atoms with Crippen molar-refractivity contribution in [2.45, 2.75) is 38.9 Å². The normalized spacial score (nSPS) is 13.8. The maximum Gasteiger partial charge on any atom is 0.323 e. The standard InChI is InChI=1S/C10H17N3O2/c1-8(6-13-5-4-11-7-13)12-10(2,3)9(14)15/h4-5,7-8,12H,6H2,1-3H3,(H,14,15). The van der Waals surface area contributed by atoms with Crippen LogP contribution < -0.4 is 5.32 Å². The highest BCUT2D eigenvalue weighted by Gasteiger charge is 2.28. The second-order valence-electron chi connectivity index (χ2n) is 4.24. The monoisotopic (exact) mass is 211 g/mol. The first-order chi connectivity index (χ1) is 6.92. The summed E-state index contributed by atoms with van der Waals surface area (Å²) in [7, 11) is 0. The van der Waals surface area contributed by atoms with Gasteiger partial charge in [0.25, 0.3) is 0 Å². The molecule has 0 saturated carbocycles. The van der Waals surface area contributed by atoms with Crippen LogP contribution in [-0.2, 0) is 11.3 Å². The van der Waals surface area contributed by atoms with Crippen molar-refractivity contribution in [3.63, 3.8) is 0 Å². The number of hydrogen-bond donors (Lipinski definition) is 2. The van der Waals surface area contributed by atoms with E-state index in [9.17, 15) is 4.79 Å². The molecule has 15 heavy (non-hydrogen) atoms. The molecule has 0 aliphatic carbocycles. The first kappa shape index (κ1) is 11.7. The molecule has 0 bridgehead atoms. The molecule has 0 aliphatic rings. The zero-order chi connectivity index (χ0) is 11.5. The van der Waals surface area contributed by atoms with E-state index < -0.39 is 11.5 Å². The lowest BCUT2D eigenvalue weighted by molar-refractivity contribution is -0.143. The van der Waals surface area contributed by atoms with Gasteiger partial charge in [0.1, 0.15) is 5.54 Å². The number of nitrogens with zero attached hydrogens (tertiary/aromatic N) is 2. The zero-order valence-electron chi connectivity index (χ0n) is 9.27. The number of aromatic nitrogens is 2. The maximum atomic E-state index is 10.9. The van der Waals surface area contributed by atoms with Gasteiger partial charge in [-0.2, -0.15) is 0 Å². The van der Waals surface area contributed by atoms with Gasteiger partial charge in [0.05, 0.1) is 6.33 Å². The van der Waals surface area contributed by atoms with E-state index in [1.807, 2.05) is 17.7 Å². The highest BCUT2D eigenvalue weighted by atomic mass is 16.4. The molecule has 1 aromatic rings. The van der Waals surface area contributed by atoms with Crippen molar-refractivity contribution in [3.8, 4) is 0 Å². The molecule has 1 heterocycles. The van der Waals surface area contributed by atoms with Crippen LogP contribution in [0.5, 0.6) is 0 Å². The first-order valence-electron chi connectivity index (χ1n) is 4.88. The Bertz CT molecular complexity index is 319. The number of nitrogens with one attached hydrogen (secondary N) is 1. The lowest BCUT2D eigenvalue weighted by Crippen LogP contribution is -2.51. The smallest absolute Gasteiger partial charge is 0.323 e. The Hall–Kier alpha value is -1.36. The van der Waals surface area contributed by atoms with Crippen LogP contribution in [0.1, 0.15) is 20.8 Å². The van der Waals surface area contributed by atoms with Crippen molar-refractivity contribution in [1.82, 2.24) is 14.9 Å². The van der Waals surface area contributed by atoms with Crippen LogP contribution >= 0.6 is 0 Å². The average Bonchev–Trinajstić information content (AvgIpc) is 2.54. The van der Waals surface area contributed by atoms with Crippen molar-refractivity contribution in [2.75, 3.05) is 0 Å². The van der Waals surface area contributed by atoms with Crippen LogP contribution in [0.2, 0.25) is 0 Å². The molecule has 1 rings (SSSR count). The number of carboxylic acid groups (broad SMARTS) is 1. The average molecular weight is 211 g/mol. The van der Waals surface area contributed by atoms with Gasteiger partial charge >= 0.3 is 5.97 Å². The van der Waals surface area contributed by atoms with E-state index in [0.717, 1.165) is 0 Å². The first-order valence-corrected chi connectivity index (χ1v) is 4.88. The molecule has 84 valence electrons. The van der Waals surface area contributed by atoms with Gasteiger partial charge in [-0.25, -0.2) is 4.98 Å². The highest BCUT2D eigenvalue weighted by molar-refractivity contribution is 5.77. The number of rotatable bonds is 5. The lowest BCUT2D eigenvalue weighted by atomic mass is 10.0. The minimum absolute atomic E-state index is 0.0744. The summed E-state index contributed by atoms with van der Waals surface area (Å²) in [4.78, 5) is 14.8. The lowest BCUT2D eigenvalue weighted by Gasteiger charge is -2.26. The number of hydrogen-bond acceptors (Lipinski definition) is 3. The van der Waals surface area contributed by atoms with Gasteiger partial charge in [-0.3, -0.25) is 10.1 Å². The summed E-state index contributed by atoms with van der Waals surface area (Å²) < 4.78 is 1.91. The van der Waals surface area contributed by atoms with E-state index in [1.54, 1.807) is 26.4 Å². The third-order valence-electron chi connectivity index (χ3n) is 2.19. The fraction of sp³-hybridized carbons (Fsp3) is 0.600. The van der Waals surface area contributed by atoms with Crippen LogP contribution in [0.15, 0.2) is 18.7 Å². The molecule has 2 N–H and O–H groups in total. The summed E-state index contributed by atoms with van der Waals surface area (Å²) >= 11 is 0. The Morgan fingerprint density at radius 2 is 2.33 bits per heavy atom. The molecular formula is C10H17N3O2. The molecule has 1 unspecified atom stereocenters. The second kappa shape index (κ2) is 4.44. The maximum absolute atomic E-state index is 10.9. The number of aliphatic carboxylic acids is 1. The van der Waals surface area contributed by atoms with E-state index in [4.69, 9.17) is 5.11 Å². The van der Waals surface area contributed by atoms with Gasteiger partial charge in [-0.05, 0) is 20.8 Å². The minimum atomic E-state index is -0.903. The summed E-state index contributed by atoms with van der Waals surface area (Å²) in [5, 5.41) is 12.0. The SMILES string of the molecule is CC(Cn1ccnc1)NC(C)(C)C(=O)O. The van der Waals surface area contributed by atoms with E-state index >= 15 is 0 Å². The van der Waals surface area contributed by atoms with Crippen LogP contribution in [0.25, 0.3) is 0 Å². The predicted molar refractivity (Wildman–Crippen MR) is 56.5 cm³/mol. The summed E-state index contributed by atoms with van der Waals surface area (Å²) in [6.07, 6.45) is 5.27. The van der Waals surface area contributed by atoms with Crippen LogP contribution in [0.4, 0.5) is 0 Å². The molecule has 1 atom stereocenters. The molecule has 0 fully saturated rings. The molecule has 0 saturated heterocycles. The van der Waals surface area contributed by atoms with Crippen LogP contribution in [-0.4, -0.2) is 32.2 Å². The van der Waals surface area contributed by atoms with Crippen molar-refractivity contribution >= 4 is 5.97 Å². The molecule has 5 heteroatoms. The van der Waals surface area contributed by atoms with E-state index in [-0.39, 0.29) is 6.04 Å². The number of carbonyl (C=O) groups is 1. The van der Waals surface area contributed by atoms with Crippen LogP contribution in [0, 0.1) is 0 Å². The van der Waals surface area contributed by atoms with Crippen molar-refractivity contribution in [3.05, 3.63) is 18.7 Å². The predicted octanol–water partition coefficient (Wildman–Crippen LogP) is 0.724. The number of carboxylic acids is 1. The van der Waals surface area contributed by atoms with Gasteiger partial charge < -0.3 is 9.67 Å². The Balaban J connectivity index is 2.49. The summed E-state index contributed by atoms with van der Waals surface area (Å²) in [5.74, 6) is -0.847. The Labute approximate surface area is 89.1 Å². The topological polar surface area (TPSA) is 67.2 Å². The van der Waals surface area contributed by atoms with Crippen molar-refractivity contribution < 1.29 is 9.90 Å². The van der Waals surface area contributed by atoms with Gasteiger partial charge in [0.2, 0.25) is 0 Å². The van der Waals surface area contributed by atoms with Gasteiger partial charge in [-0.1, -0.05) is 0 Å². The minimum Gasteiger partial charge on any atom is -0.480 e. The van der Waals surface area contributed by atoms with Gasteiger partial charge in [0.15, 0.2) is 0 Å².